The predicted molar refractivity (Wildman–Crippen MR) is 72.1 cm³/mol. The molecule has 0 unspecified atom stereocenters. The fourth-order valence-corrected chi connectivity index (χ4v) is 3.03. The van der Waals surface area contributed by atoms with Crippen LogP contribution < -0.4 is 0 Å². The largest absolute Gasteiger partial charge is 0.443 e. The van der Waals surface area contributed by atoms with E-state index in [-0.39, 0.29) is 6.61 Å². The number of ether oxygens (including phenoxy) is 1. The molecule has 21 heavy (non-hydrogen) atoms. The van der Waals surface area contributed by atoms with Gasteiger partial charge < -0.3 is 4.74 Å². The molecule has 1 aliphatic rings. The number of carbonyl (C=O) groups excluding carboxylic acids is 1. The van der Waals surface area contributed by atoms with Crippen LogP contribution in [0.5, 0.6) is 0 Å². The standard InChI is InChI=1S/C13H16FNO5S/c1-13(2,3)20-12(16)15-11(8-19-21(15,17)18)9-5-4-6-10(14)7-9/h4-7,11H,8H2,1-3H3/t11-/m1/s1. The van der Waals surface area contributed by atoms with Gasteiger partial charge in [0.1, 0.15) is 17.5 Å². The molecule has 8 heteroatoms. The van der Waals surface area contributed by atoms with Crippen molar-refractivity contribution in [2.45, 2.75) is 32.4 Å². The maximum Gasteiger partial charge on any atom is 0.426 e. The van der Waals surface area contributed by atoms with Gasteiger partial charge in [0.15, 0.2) is 0 Å². The fourth-order valence-electron chi connectivity index (χ4n) is 1.90. The molecule has 0 bridgehead atoms. The molecule has 0 spiro atoms. The van der Waals surface area contributed by atoms with Crippen molar-refractivity contribution in [1.82, 2.24) is 4.31 Å². The van der Waals surface area contributed by atoms with Crippen molar-refractivity contribution < 1.29 is 26.5 Å². The van der Waals surface area contributed by atoms with Gasteiger partial charge >= 0.3 is 16.4 Å². The molecule has 6 nitrogen and oxygen atoms in total. The Balaban J connectivity index is 2.36. The highest BCUT2D eigenvalue weighted by molar-refractivity contribution is 7.85. The number of benzene rings is 1. The zero-order valence-electron chi connectivity index (χ0n) is 11.9. The third-order valence-electron chi connectivity index (χ3n) is 2.71. The van der Waals surface area contributed by atoms with Crippen molar-refractivity contribution in [3.8, 4) is 0 Å². The number of carbonyl (C=O) groups is 1. The highest BCUT2D eigenvalue weighted by Gasteiger charge is 2.45. The van der Waals surface area contributed by atoms with Crippen molar-refractivity contribution >= 4 is 16.4 Å². The first-order chi connectivity index (χ1) is 9.60. The van der Waals surface area contributed by atoms with Crippen LogP contribution >= 0.6 is 0 Å². The zero-order chi connectivity index (χ0) is 15.8. The summed E-state index contributed by atoms with van der Waals surface area (Å²) in [4.78, 5) is 12.1. The van der Waals surface area contributed by atoms with Crippen LogP contribution in [0.3, 0.4) is 0 Å². The lowest BCUT2D eigenvalue weighted by Gasteiger charge is -2.26. The summed E-state index contributed by atoms with van der Waals surface area (Å²) in [5.74, 6) is -0.527. The number of nitrogens with zero attached hydrogens (tertiary/aromatic N) is 1. The van der Waals surface area contributed by atoms with Gasteiger partial charge in [0.05, 0.1) is 6.61 Å². The third kappa shape index (κ3) is 3.51. The lowest BCUT2D eigenvalue weighted by molar-refractivity contribution is 0.0356. The molecule has 1 amide bonds. The van der Waals surface area contributed by atoms with Crippen molar-refractivity contribution in [1.29, 1.82) is 0 Å². The molecule has 0 saturated carbocycles. The Hall–Kier alpha value is -1.67. The molecule has 1 heterocycles. The summed E-state index contributed by atoms with van der Waals surface area (Å²) in [6, 6.07) is 4.40. The van der Waals surface area contributed by atoms with Gasteiger partial charge in [-0.25, -0.2) is 9.18 Å². The lowest BCUT2D eigenvalue weighted by Crippen LogP contribution is -2.39. The number of rotatable bonds is 1. The summed E-state index contributed by atoms with van der Waals surface area (Å²) in [5.41, 5.74) is -0.538. The Morgan fingerprint density at radius 3 is 2.67 bits per heavy atom. The first-order valence-corrected chi connectivity index (χ1v) is 7.64. The summed E-state index contributed by atoms with van der Waals surface area (Å²) in [5, 5.41) is 0. The second-order valence-corrected chi connectivity index (χ2v) is 7.07. The molecule has 0 radical (unpaired) electrons. The Morgan fingerprint density at radius 2 is 2.10 bits per heavy atom. The van der Waals surface area contributed by atoms with Crippen LogP contribution in [-0.4, -0.2) is 31.0 Å². The van der Waals surface area contributed by atoms with E-state index < -0.39 is 33.9 Å². The maximum absolute atomic E-state index is 13.3. The van der Waals surface area contributed by atoms with E-state index in [9.17, 15) is 17.6 Å². The first kappa shape index (κ1) is 15.7. The molecule has 1 atom stereocenters. The van der Waals surface area contributed by atoms with Crippen LogP contribution in [0.1, 0.15) is 32.4 Å². The van der Waals surface area contributed by atoms with Gasteiger partial charge in [-0.3, -0.25) is 4.18 Å². The van der Waals surface area contributed by atoms with Crippen LogP contribution in [0.25, 0.3) is 0 Å². The monoisotopic (exact) mass is 317 g/mol. The topological polar surface area (TPSA) is 72.9 Å². The van der Waals surface area contributed by atoms with Crippen molar-refractivity contribution in [3.63, 3.8) is 0 Å². The molecular formula is C13H16FNO5S. The first-order valence-electron chi connectivity index (χ1n) is 6.27. The third-order valence-corrected chi connectivity index (χ3v) is 4.03. The molecule has 2 rings (SSSR count). The Bertz CT molecular complexity index is 653. The highest BCUT2D eigenvalue weighted by Crippen LogP contribution is 2.33. The number of hydrogen-bond acceptors (Lipinski definition) is 5. The van der Waals surface area contributed by atoms with E-state index >= 15 is 0 Å². The van der Waals surface area contributed by atoms with Crippen molar-refractivity contribution in [2.24, 2.45) is 0 Å². The van der Waals surface area contributed by atoms with Gasteiger partial charge in [-0.1, -0.05) is 12.1 Å². The molecule has 1 saturated heterocycles. The van der Waals surface area contributed by atoms with E-state index in [0.29, 0.717) is 9.87 Å². The number of amides is 1. The van der Waals surface area contributed by atoms with Gasteiger partial charge in [-0.2, -0.15) is 12.7 Å². The molecule has 0 aromatic heterocycles. The normalized spacial score (nSPS) is 21.3. The molecular weight excluding hydrogens is 301 g/mol. The van der Waals surface area contributed by atoms with Gasteiger partial charge in [-0.15, -0.1) is 0 Å². The molecule has 1 aromatic rings. The molecule has 1 fully saturated rings. The minimum atomic E-state index is -4.23. The van der Waals surface area contributed by atoms with Crippen molar-refractivity contribution in [3.05, 3.63) is 35.6 Å². The van der Waals surface area contributed by atoms with Crippen LogP contribution in [0, 0.1) is 5.82 Å². The molecule has 1 aromatic carbocycles. The second-order valence-electron chi connectivity index (χ2n) is 5.59. The van der Waals surface area contributed by atoms with Crippen LogP contribution in [-0.2, 0) is 19.2 Å². The van der Waals surface area contributed by atoms with Crippen LogP contribution in [0.2, 0.25) is 0 Å². The fraction of sp³-hybridized carbons (Fsp3) is 0.462. The average molecular weight is 317 g/mol. The second kappa shape index (κ2) is 5.27. The molecule has 116 valence electrons. The Labute approximate surface area is 122 Å². The lowest BCUT2D eigenvalue weighted by atomic mass is 10.1. The smallest absolute Gasteiger partial charge is 0.426 e. The molecule has 1 aliphatic heterocycles. The van der Waals surface area contributed by atoms with Gasteiger partial charge in [0.25, 0.3) is 0 Å². The summed E-state index contributed by atoms with van der Waals surface area (Å²) in [6.07, 6.45) is -1.05. The van der Waals surface area contributed by atoms with Gasteiger partial charge in [0, 0.05) is 0 Å². The summed E-state index contributed by atoms with van der Waals surface area (Å²) in [6.45, 7) is 4.58. The summed E-state index contributed by atoms with van der Waals surface area (Å²) in [7, 11) is -4.23. The minimum absolute atomic E-state index is 0.273. The summed E-state index contributed by atoms with van der Waals surface area (Å²) < 4.78 is 47.3. The van der Waals surface area contributed by atoms with E-state index in [4.69, 9.17) is 4.74 Å². The number of hydrogen-bond donors (Lipinski definition) is 0. The Kier molecular flexibility index (Phi) is 3.94. The van der Waals surface area contributed by atoms with Crippen LogP contribution in [0.15, 0.2) is 24.3 Å². The predicted octanol–water partition coefficient (Wildman–Crippen LogP) is 2.38. The summed E-state index contributed by atoms with van der Waals surface area (Å²) >= 11 is 0. The van der Waals surface area contributed by atoms with E-state index in [2.05, 4.69) is 4.18 Å². The van der Waals surface area contributed by atoms with Crippen LogP contribution in [0.4, 0.5) is 9.18 Å². The minimum Gasteiger partial charge on any atom is -0.443 e. The SMILES string of the molecule is CC(C)(C)OC(=O)N1[C@@H](c2cccc(F)c2)COS1(=O)=O. The highest BCUT2D eigenvalue weighted by atomic mass is 32.2. The average Bonchev–Trinajstić information content (AvgIpc) is 2.62. The zero-order valence-corrected chi connectivity index (χ0v) is 12.7. The maximum atomic E-state index is 13.3. The van der Waals surface area contributed by atoms with E-state index in [0.717, 1.165) is 6.07 Å². The van der Waals surface area contributed by atoms with E-state index in [1.807, 2.05) is 0 Å². The Morgan fingerprint density at radius 1 is 1.43 bits per heavy atom. The number of halogens is 1. The van der Waals surface area contributed by atoms with E-state index in [1.165, 1.54) is 18.2 Å². The van der Waals surface area contributed by atoms with Gasteiger partial charge in [0.2, 0.25) is 0 Å². The molecule has 0 N–H and O–H groups in total. The van der Waals surface area contributed by atoms with Crippen molar-refractivity contribution in [2.75, 3.05) is 6.61 Å². The molecule has 0 aliphatic carbocycles. The van der Waals surface area contributed by atoms with E-state index in [1.54, 1.807) is 20.8 Å². The quantitative estimate of drug-likeness (QED) is 0.795. The van der Waals surface area contributed by atoms with Gasteiger partial charge in [-0.05, 0) is 38.5 Å².